The molecule has 108 valence electrons. The van der Waals surface area contributed by atoms with E-state index in [0.717, 1.165) is 25.9 Å². The lowest BCUT2D eigenvalue weighted by molar-refractivity contribution is 0.446. The molecule has 0 radical (unpaired) electrons. The first kappa shape index (κ1) is 13.6. The fourth-order valence-electron chi connectivity index (χ4n) is 2.58. The number of anilines is 1. The van der Waals surface area contributed by atoms with Crippen molar-refractivity contribution in [3.63, 3.8) is 0 Å². The van der Waals surface area contributed by atoms with E-state index in [1.54, 1.807) is 0 Å². The maximum absolute atomic E-state index is 5.78. The van der Waals surface area contributed by atoms with Crippen molar-refractivity contribution >= 4 is 17.4 Å². The van der Waals surface area contributed by atoms with E-state index >= 15 is 0 Å². The average Bonchev–Trinajstić information content (AvgIpc) is 3.08. The van der Waals surface area contributed by atoms with Crippen LogP contribution in [0.15, 0.2) is 15.9 Å². The summed E-state index contributed by atoms with van der Waals surface area (Å²) in [6, 6.07) is 3.15. The van der Waals surface area contributed by atoms with Gasteiger partial charge in [0.15, 0.2) is 0 Å². The van der Waals surface area contributed by atoms with E-state index in [2.05, 4.69) is 45.7 Å². The lowest BCUT2D eigenvalue weighted by Crippen LogP contribution is -2.33. The minimum absolute atomic E-state index is 0.307. The fraction of sp³-hybridized carbons (Fsp3) is 0.571. The van der Waals surface area contributed by atoms with Crippen molar-refractivity contribution in [1.29, 1.82) is 0 Å². The zero-order valence-electron chi connectivity index (χ0n) is 11.9. The minimum Gasteiger partial charge on any atom is -0.407 e. The van der Waals surface area contributed by atoms with Crippen molar-refractivity contribution in [2.75, 3.05) is 18.0 Å². The predicted molar refractivity (Wildman–Crippen MR) is 80.1 cm³/mol. The van der Waals surface area contributed by atoms with Crippen LogP contribution in [0.3, 0.4) is 0 Å². The number of aromatic nitrogens is 2. The Labute approximate surface area is 123 Å². The normalized spacial score (nSPS) is 18.3. The topological polar surface area (TPSA) is 54.2 Å². The van der Waals surface area contributed by atoms with Crippen LogP contribution < -0.4 is 10.2 Å². The second-order valence-electron chi connectivity index (χ2n) is 5.07. The summed E-state index contributed by atoms with van der Waals surface area (Å²) < 4.78 is 5.78. The summed E-state index contributed by atoms with van der Waals surface area (Å²) in [6.07, 6.45) is 2.16. The van der Waals surface area contributed by atoms with Crippen LogP contribution in [-0.2, 0) is 13.0 Å². The molecular formula is C14H20N4OS. The highest BCUT2D eigenvalue weighted by Gasteiger charge is 2.28. The van der Waals surface area contributed by atoms with Crippen LogP contribution >= 0.6 is 11.3 Å². The van der Waals surface area contributed by atoms with Crippen LogP contribution in [0.1, 0.15) is 42.6 Å². The first-order valence-electron chi connectivity index (χ1n) is 7.15. The van der Waals surface area contributed by atoms with Crippen LogP contribution in [0.25, 0.3) is 0 Å². The summed E-state index contributed by atoms with van der Waals surface area (Å²) in [5.74, 6) is 0.664. The number of hydrogen-bond acceptors (Lipinski definition) is 6. The molecule has 3 heterocycles. The second kappa shape index (κ2) is 5.93. The van der Waals surface area contributed by atoms with Gasteiger partial charge < -0.3 is 14.6 Å². The van der Waals surface area contributed by atoms with Gasteiger partial charge in [0.2, 0.25) is 5.89 Å². The lowest BCUT2D eigenvalue weighted by atomic mass is 10.0. The Morgan fingerprint density at radius 2 is 2.40 bits per heavy atom. The van der Waals surface area contributed by atoms with Crippen LogP contribution in [0.2, 0.25) is 0 Å². The molecule has 0 fully saturated rings. The summed E-state index contributed by atoms with van der Waals surface area (Å²) in [5, 5.41) is 13.8. The van der Waals surface area contributed by atoms with Crippen molar-refractivity contribution < 1.29 is 4.42 Å². The number of nitrogens with zero attached hydrogens (tertiary/aromatic N) is 3. The van der Waals surface area contributed by atoms with Gasteiger partial charge in [-0.2, -0.15) is 0 Å². The summed E-state index contributed by atoms with van der Waals surface area (Å²) in [5.41, 5.74) is 1.39. The van der Waals surface area contributed by atoms with Gasteiger partial charge in [-0.05, 0) is 43.3 Å². The molecule has 0 bridgehead atoms. The van der Waals surface area contributed by atoms with Gasteiger partial charge in [0, 0.05) is 11.4 Å². The highest BCUT2D eigenvalue weighted by molar-refractivity contribution is 7.10. The smallest absolute Gasteiger partial charge is 0.318 e. The van der Waals surface area contributed by atoms with Gasteiger partial charge in [0.05, 0.1) is 12.6 Å². The maximum Gasteiger partial charge on any atom is 0.318 e. The quantitative estimate of drug-likeness (QED) is 0.859. The third-order valence-electron chi connectivity index (χ3n) is 3.68. The molecular weight excluding hydrogens is 272 g/mol. The molecule has 1 aliphatic heterocycles. The Balaban J connectivity index is 1.71. The molecule has 20 heavy (non-hydrogen) atoms. The largest absolute Gasteiger partial charge is 0.407 e. The van der Waals surface area contributed by atoms with E-state index in [1.807, 2.05) is 11.3 Å². The maximum atomic E-state index is 5.78. The molecule has 2 aromatic rings. The molecule has 1 atom stereocenters. The number of hydrogen-bond donors (Lipinski definition) is 1. The summed E-state index contributed by atoms with van der Waals surface area (Å²) >= 11 is 1.84. The zero-order chi connectivity index (χ0) is 13.9. The van der Waals surface area contributed by atoms with E-state index in [1.165, 1.54) is 10.4 Å². The molecule has 0 aromatic carbocycles. The van der Waals surface area contributed by atoms with Crippen molar-refractivity contribution in [2.24, 2.45) is 0 Å². The molecule has 2 aromatic heterocycles. The molecule has 1 unspecified atom stereocenters. The van der Waals surface area contributed by atoms with E-state index in [0.29, 0.717) is 24.5 Å². The van der Waals surface area contributed by atoms with Crippen LogP contribution in [-0.4, -0.2) is 23.3 Å². The highest BCUT2D eigenvalue weighted by atomic mass is 32.1. The Bertz CT molecular complexity index is 565. The van der Waals surface area contributed by atoms with Gasteiger partial charge in [-0.25, -0.2) is 0 Å². The van der Waals surface area contributed by atoms with Gasteiger partial charge in [-0.3, -0.25) is 0 Å². The molecule has 0 spiro atoms. The number of nitrogens with one attached hydrogen (secondary N) is 1. The van der Waals surface area contributed by atoms with Crippen molar-refractivity contribution in [1.82, 2.24) is 15.5 Å². The summed E-state index contributed by atoms with van der Waals surface area (Å²) in [6.45, 7) is 6.89. The molecule has 0 amide bonds. The van der Waals surface area contributed by atoms with Crippen LogP contribution in [0.5, 0.6) is 0 Å². The fourth-order valence-corrected chi connectivity index (χ4v) is 3.54. The highest BCUT2D eigenvalue weighted by Crippen LogP contribution is 2.35. The molecule has 6 heteroatoms. The van der Waals surface area contributed by atoms with Crippen molar-refractivity contribution in [3.8, 4) is 0 Å². The van der Waals surface area contributed by atoms with Gasteiger partial charge in [0.1, 0.15) is 0 Å². The third kappa shape index (κ3) is 2.58. The van der Waals surface area contributed by atoms with Gasteiger partial charge in [-0.15, -0.1) is 16.4 Å². The average molecular weight is 292 g/mol. The monoisotopic (exact) mass is 292 g/mol. The molecule has 0 saturated carbocycles. The van der Waals surface area contributed by atoms with E-state index in [9.17, 15) is 0 Å². The second-order valence-corrected chi connectivity index (χ2v) is 6.07. The van der Waals surface area contributed by atoms with E-state index < -0.39 is 0 Å². The number of rotatable bonds is 5. The Morgan fingerprint density at radius 1 is 1.50 bits per heavy atom. The van der Waals surface area contributed by atoms with Gasteiger partial charge >= 0.3 is 6.01 Å². The molecule has 1 aliphatic rings. The SMILES string of the molecule is CCCNCc1nnc(N2CCc3sccc3C2C)o1. The van der Waals surface area contributed by atoms with Crippen molar-refractivity contribution in [3.05, 3.63) is 27.8 Å². The number of thiophene rings is 1. The Morgan fingerprint density at radius 3 is 3.25 bits per heavy atom. The zero-order valence-corrected chi connectivity index (χ0v) is 12.7. The van der Waals surface area contributed by atoms with Gasteiger partial charge in [0.25, 0.3) is 0 Å². The van der Waals surface area contributed by atoms with Crippen LogP contribution in [0.4, 0.5) is 6.01 Å². The lowest BCUT2D eigenvalue weighted by Gasteiger charge is -2.31. The first-order chi connectivity index (χ1) is 9.79. The molecule has 0 aliphatic carbocycles. The molecule has 0 saturated heterocycles. The summed E-state index contributed by atoms with van der Waals surface area (Å²) in [4.78, 5) is 3.68. The third-order valence-corrected chi connectivity index (χ3v) is 4.68. The van der Waals surface area contributed by atoms with E-state index in [-0.39, 0.29) is 0 Å². The molecule has 5 nitrogen and oxygen atoms in total. The minimum atomic E-state index is 0.307. The van der Waals surface area contributed by atoms with Crippen molar-refractivity contribution in [2.45, 2.75) is 39.3 Å². The first-order valence-corrected chi connectivity index (χ1v) is 8.03. The Hall–Kier alpha value is -1.40. The van der Waals surface area contributed by atoms with Crippen LogP contribution in [0, 0.1) is 0 Å². The Kier molecular flexibility index (Phi) is 4.03. The molecule has 3 rings (SSSR count). The molecule has 1 N–H and O–H groups in total. The van der Waals surface area contributed by atoms with E-state index in [4.69, 9.17) is 4.42 Å². The summed E-state index contributed by atoms with van der Waals surface area (Å²) in [7, 11) is 0. The standard InChI is InChI=1S/C14H20N4OS/c1-3-6-15-9-13-16-17-14(19-13)18-7-4-12-11(10(18)2)5-8-20-12/h5,8,10,15H,3-4,6-7,9H2,1-2H3. The predicted octanol–water partition coefficient (Wildman–Crippen LogP) is 2.75. The number of fused-ring (bicyclic) bond motifs is 1. The van der Waals surface area contributed by atoms with Gasteiger partial charge in [-0.1, -0.05) is 12.0 Å².